The van der Waals surface area contributed by atoms with Crippen LogP contribution in [0.15, 0.2) is 29.8 Å². The molecule has 0 spiro atoms. The summed E-state index contributed by atoms with van der Waals surface area (Å²) in [6.07, 6.45) is 4.37. The Morgan fingerprint density at radius 1 is 1.24 bits per heavy atom. The second-order valence-corrected chi connectivity index (χ2v) is 6.11. The van der Waals surface area contributed by atoms with Gasteiger partial charge in [-0.25, -0.2) is 4.79 Å². The van der Waals surface area contributed by atoms with E-state index < -0.39 is 24.0 Å². The molecule has 0 atom stereocenters. The fraction of sp³-hybridized carbons (Fsp3) is 0.368. The normalized spacial score (nSPS) is 15.7. The van der Waals surface area contributed by atoms with Crippen molar-refractivity contribution in [3.05, 3.63) is 41.0 Å². The molecule has 0 aromatic heterocycles. The lowest BCUT2D eigenvalue weighted by atomic mass is 10.00. The number of aryl methyl sites for hydroxylation is 1. The van der Waals surface area contributed by atoms with E-state index in [1.165, 1.54) is 6.08 Å². The number of rotatable bonds is 5. The van der Waals surface area contributed by atoms with Gasteiger partial charge in [-0.2, -0.15) is 10.5 Å². The molecule has 0 radical (unpaired) electrons. The van der Waals surface area contributed by atoms with E-state index in [-0.39, 0.29) is 5.57 Å². The molecular formula is C19H19N3O3. The first-order chi connectivity index (χ1) is 12.0. The average Bonchev–Trinajstić information content (AvgIpc) is 3.08. The maximum atomic E-state index is 12.0. The molecule has 25 heavy (non-hydrogen) atoms. The van der Waals surface area contributed by atoms with Crippen LogP contribution >= 0.6 is 0 Å². The number of ether oxygens (including phenoxy) is 1. The summed E-state index contributed by atoms with van der Waals surface area (Å²) in [6, 6.07) is 11.2. The van der Waals surface area contributed by atoms with Gasteiger partial charge in [-0.05, 0) is 44.2 Å². The Kier molecular flexibility index (Phi) is 5.92. The summed E-state index contributed by atoms with van der Waals surface area (Å²) in [4.78, 5) is 23.9. The Bertz CT molecular complexity index is 761. The van der Waals surface area contributed by atoms with Gasteiger partial charge in [-0.15, -0.1) is 0 Å². The van der Waals surface area contributed by atoms with E-state index in [0.717, 1.165) is 18.4 Å². The van der Waals surface area contributed by atoms with Crippen LogP contribution in [0.5, 0.6) is 0 Å². The molecule has 128 valence electrons. The van der Waals surface area contributed by atoms with Crippen LogP contribution < -0.4 is 5.32 Å². The highest BCUT2D eigenvalue weighted by atomic mass is 16.5. The van der Waals surface area contributed by atoms with E-state index in [0.29, 0.717) is 18.4 Å². The van der Waals surface area contributed by atoms with Crippen molar-refractivity contribution < 1.29 is 14.3 Å². The quantitative estimate of drug-likeness (QED) is 0.505. The van der Waals surface area contributed by atoms with Gasteiger partial charge in [0.2, 0.25) is 0 Å². The molecular weight excluding hydrogens is 318 g/mol. The van der Waals surface area contributed by atoms with Crippen molar-refractivity contribution in [2.75, 3.05) is 6.61 Å². The predicted molar refractivity (Wildman–Crippen MR) is 90.7 cm³/mol. The zero-order valence-electron chi connectivity index (χ0n) is 14.0. The van der Waals surface area contributed by atoms with Crippen molar-refractivity contribution in [1.82, 2.24) is 5.32 Å². The first-order valence-electron chi connectivity index (χ1n) is 8.06. The van der Waals surface area contributed by atoms with Crippen molar-refractivity contribution in [2.24, 2.45) is 0 Å². The summed E-state index contributed by atoms with van der Waals surface area (Å²) in [7, 11) is 0. The molecule has 0 bridgehead atoms. The highest BCUT2D eigenvalue weighted by Crippen LogP contribution is 2.28. The zero-order chi connectivity index (χ0) is 18.3. The highest BCUT2D eigenvalue weighted by molar-refractivity contribution is 5.98. The average molecular weight is 337 g/mol. The van der Waals surface area contributed by atoms with Crippen LogP contribution in [0.4, 0.5) is 0 Å². The summed E-state index contributed by atoms with van der Waals surface area (Å²) in [5.74, 6) is -1.40. The van der Waals surface area contributed by atoms with E-state index in [2.05, 4.69) is 11.4 Å². The van der Waals surface area contributed by atoms with E-state index in [4.69, 9.17) is 10.00 Å². The number of benzene rings is 1. The van der Waals surface area contributed by atoms with E-state index in [9.17, 15) is 14.9 Å². The van der Waals surface area contributed by atoms with Crippen LogP contribution in [0.1, 0.15) is 36.8 Å². The molecule has 6 heteroatoms. The Labute approximate surface area is 146 Å². The molecule has 0 unspecified atom stereocenters. The SMILES string of the molecule is Cc1ccc(/C=C(\C#N)C(=O)OCC(=O)NC2(C#N)CCCC2)cc1. The van der Waals surface area contributed by atoms with Gasteiger partial charge in [0.05, 0.1) is 6.07 Å². The molecule has 1 aromatic carbocycles. The number of nitrogens with zero attached hydrogens (tertiary/aromatic N) is 2. The van der Waals surface area contributed by atoms with Crippen molar-refractivity contribution >= 4 is 18.0 Å². The molecule has 6 nitrogen and oxygen atoms in total. The van der Waals surface area contributed by atoms with Crippen LogP contribution in [0.3, 0.4) is 0 Å². The van der Waals surface area contributed by atoms with Gasteiger partial charge in [-0.1, -0.05) is 29.8 Å². The number of hydrogen-bond donors (Lipinski definition) is 1. The van der Waals surface area contributed by atoms with Crippen molar-refractivity contribution in [1.29, 1.82) is 10.5 Å². The molecule has 1 aliphatic carbocycles. The first kappa shape index (κ1) is 18.2. The lowest BCUT2D eigenvalue weighted by Gasteiger charge is -2.21. The molecule has 1 fully saturated rings. The van der Waals surface area contributed by atoms with Gasteiger partial charge < -0.3 is 10.1 Å². The number of nitriles is 2. The third-order valence-electron chi connectivity index (χ3n) is 4.11. The van der Waals surface area contributed by atoms with Gasteiger partial charge in [0.1, 0.15) is 17.2 Å². The van der Waals surface area contributed by atoms with E-state index in [1.54, 1.807) is 18.2 Å². The first-order valence-corrected chi connectivity index (χ1v) is 8.06. The van der Waals surface area contributed by atoms with Gasteiger partial charge in [0.25, 0.3) is 5.91 Å². The summed E-state index contributed by atoms with van der Waals surface area (Å²) in [5.41, 5.74) is 0.706. The minimum Gasteiger partial charge on any atom is -0.451 e. The maximum Gasteiger partial charge on any atom is 0.349 e. The Balaban J connectivity index is 1.94. The fourth-order valence-corrected chi connectivity index (χ4v) is 2.72. The largest absolute Gasteiger partial charge is 0.451 e. The standard InChI is InChI=1S/C19H19N3O3/c1-14-4-6-15(7-5-14)10-16(11-20)18(24)25-12-17(23)22-19(13-21)8-2-3-9-19/h4-7,10H,2-3,8-9,12H2,1H3,(H,22,23)/b16-10+. The van der Waals surface area contributed by atoms with Crippen molar-refractivity contribution in [3.63, 3.8) is 0 Å². The summed E-state index contributed by atoms with van der Waals surface area (Å²) < 4.78 is 4.90. The third kappa shape index (κ3) is 4.92. The van der Waals surface area contributed by atoms with Crippen molar-refractivity contribution in [2.45, 2.75) is 38.1 Å². The Hall–Kier alpha value is -3.12. The van der Waals surface area contributed by atoms with Gasteiger partial charge in [-0.3, -0.25) is 4.79 Å². The maximum absolute atomic E-state index is 12.0. The Morgan fingerprint density at radius 2 is 1.88 bits per heavy atom. The van der Waals surface area contributed by atoms with E-state index >= 15 is 0 Å². The number of carbonyl (C=O) groups is 2. The fourth-order valence-electron chi connectivity index (χ4n) is 2.72. The molecule has 1 amide bonds. The number of nitrogens with one attached hydrogen (secondary N) is 1. The van der Waals surface area contributed by atoms with E-state index in [1.807, 2.05) is 19.1 Å². The van der Waals surface area contributed by atoms with Crippen molar-refractivity contribution in [3.8, 4) is 12.1 Å². The monoisotopic (exact) mass is 337 g/mol. The van der Waals surface area contributed by atoms with Gasteiger partial charge >= 0.3 is 5.97 Å². The molecule has 1 saturated carbocycles. The van der Waals surface area contributed by atoms with Gasteiger partial charge in [0, 0.05) is 0 Å². The summed E-state index contributed by atoms with van der Waals surface area (Å²) in [6.45, 7) is 1.42. The second kappa shape index (κ2) is 8.12. The lowest BCUT2D eigenvalue weighted by molar-refractivity contribution is -0.144. The van der Waals surface area contributed by atoms with Crippen LogP contribution in [-0.4, -0.2) is 24.0 Å². The minimum absolute atomic E-state index is 0.187. The van der Waals surface area contributed by atoms with Crippen LogP contribution in [-0.2, 0) is 14.3 Å². The molecule has 0 saturated heterocycles. The van der Waals surface area contributed by atoms with Crippen LogP contribution in [0.2, 0.25) is 0 Å². The molecule has 1 aliphatic rings. The second-order valence-electron chi connectivity index (χ2n) is 6.11. The third-order valence-corrected chi connectivity index (χ3v) is 4.11. The highest BCUT2D eigenvalue weighted by Gasteiger charge is 2.35. The predicted octanol–water partition coefficient (Wildman–Crippen LogP) is 2.40. The Morgan fingerprint density at radius 3 is 2.44 bits per heavy atom. The molecule has 2 rings (SSSR count). The van der Waals surface area contributed by atoms with Crippen LogP contribution in [0.25, 0.3) is 6.08 Å². The minimum atomic E-state index is -0.865. The molecule has 0 aliphatic heterocycles. The number of amides is 1. The number of carbonyl (C=O) groups excluding carboxylic acids is 2. The van der Waals surface area contributed by atoms with Gasteiger partial charge in [0.15, 0.2) is 6.61 Å². The number of esters is 1. The lowest BCUT2D eigenvalue weighted by Crippen LogP contribution is -2.46. The smallest absolute Gasteiger partial charge is 0.349 e. The zero-order valence-corrected chi connectivity index (χ0v) is 14.0. The molecule has 1 N–H and O–H groups in total. The summed E-state index contributed by atoms with van der Waals surface area (Å²) in [5, 5.41) is 21.0. The van der Waals surface area contributed by atoms with Crippen LogP contribution in [0, 0.1) is 29.6 Å². The topological polar surface area (TPSA) is 103 Å². The summed E-state index contributed by atoms with van der Waals surface area (Å²) >= 11 is 0. The molecule has 0 heterocycles. The number of hydrogen-bond acceptors (Lipinski definition) is 5. The molecule has 1 aromatic rings.